The highest BCUT2D eigenvalue weighted by Crippen LogP contribution is 2.25. The molecule has 7 heteroatoms. The van der Waals surface area contributed by atoms with E-state index in [1.165, 1.54) is 23.1 Å². The molecular formula is C12H13N3O2S2. The summed E-state index contributed by atoms with van der Waals surface area (Å²) in [6.45, 7) is 1.83. The van der Waals surface area contributed by atoms with Crippen LogP contribution in [0.2, 0.25) is 0 Å². The van der Waals surface area contributed by atoms with Crippen molar-refractivity contribution in [1.29, 1.82) is 0 Å². The molecule has 0 aliphatic rings. The first kappa shape index (κ1) is 13.8. The fourth-order valence-corrected chi connectivity index (χ4v) is 2.99. The Balaban J connectivity index is 1.96. The summed E-state index contributed by atoms with van der Waals surface area (Å²) in [7, 11) is 1.59. The Hall–Kier alpha value is -1.60. The Bertz CT molecular complexity index is 546. The van der Waals surface area contributed by atoms with E-state index < -0.39 is 0 Å². The van der Waals surface area contributed by atoms with Crippen molar-refractivity contribution in [3.8, 4) is 5.75 Å². The summed E-state index contributed by atoms with van der Waals surface area (Å²) < 4.78 is 5.89. The van der Waals surface area contributed by atoms with E-state index in [9.17, 15) is 4.79 Å². The average Bonchev–Trinajstić information content (AvgIpc) is 2.91. The van der Waals surface area contributed by atoms with Crippen molar-refractivity contribution in [3.05, 3.63) is 29.8 Å². The molecule has 2 rings (SSSR count). The number of thioether (sulfide) groups is 1. The van der Waals surface area contributed by atoms with E-state index in [1.807, 2.05) is 25.1 Å². The third-order valence-corrected chi connectivity index (χ3v) is 4.24. The first-order valence-electron chi connectivity index (χ1n) is 5.57. The van der Waals surface area contributed by atoms with Gasteiger partial charge in [-0.05, 0) is 19.1 Å². The highest BCUT2D eigenvalue weighted by Gasteiger charge is 2.16. The van der Waals surface area contributed by atoms with E-state index in [0.29, 0.717) is 11.4 Å². The minimum absolute atomic E-state index is 0.0755. The minimum Gasteiger partial charge on any atom is -0.497 e. The summed E-state index contributed by atoms with van der Waals surface area (Å²) in [6.07, 6.45) is 0. The highest BCUT2D eigenvalue weighted by atomic mass is 32.2. The molecule has 5 nitrogen and oxygen atoms in total. The van der Waals surface area contributed by atoms with Gasteiger partial charge >= 0.3 is 0 Å². The van der Waals surface area contributed by atoms with Gasteiger partial charge in [0.15, 0.2) is 4.34 Å². The number of carbonyl (C=O) groups is 1. The van der Waals surface area contributed by atoms with Gasteiger partial charge in [0.25, 0.3) is 0 Å². The quantitative estimate of drug-likeness (QED) is 0.859. The van der Waals surface area contributed by atoms with Crippen molar-refractivity contribution >= 4 is 34.7 Å². The van der Waals surface area contributed by atoms with Gasteiger partial charge in [-0.2, -0.15) is 0 Å². The van der Waals surface area contributed by atoms with Crippen LogP contribution in [0.3, 0.4) is 0 Å². The van der Waals surface area contributed by atoms with Crippen molar-refractivity contribution in [2.75, 3.05) is 12.4 Å². The van der Waals surface area contributed by atoms with E-state index in [0.717, 1.165) is 4.34 Å². The van der Waals surface area contributed by atoms with Crippen LogP contribution in [0.1, 0.15) is 6.92 Å². The zero-order valence-corrected chi connectivity index (χ0v) is 12.1. The summed E-state index contributed by atoms with van der Waals surface area (Å²) in [5, 5.41) is 10.3. The monoisotopic (exact) mass is 295 g/mol. The number of rotatable bonds is 5. The second-order valence-corrected chi connectivity index (χ2v) is 6.11. The number of benzene rings is 1. The van der Waals surface area contributed by atoms with Gasteiger partial charge in [-0.25, -0.2) is 0 Å². The molecule has 0 radical (unpaired) electrons. The average molecular weight is 295 g/mol. The molecule has 0 aliphatic heterocycles. The van der Waals surface area contributed by atoms with Gasteiger partial charge in [-0.1, -0.05) is 29.2 Å². The Morgan fingerprint density at radius 2 is 2.37 bits per heavy atom. The first-order chi connectivity index (χ1) is 9.19. The van der Waals surface area contributed by atoms with Crippen LogP contribution in [-0.2, 0) is 4.79 Å². The number of ether oxygens (including phenoxy) is 1. The van der Waals surface area contributed by atoms with Crippen molar-refractivity contribution < 1.29 is 9.53 Å². The van der Waals surface area contributed by atoms with Gasteiger partial charge in [-0.3, -0.25) is 4.79 Å². The minimum atomic E-state index is -0.237. The molecule has 100 valence electrons. The molecule has 1 heterocycles. The van der Waals surface area contributed by atoms with Crippen LogP contribution >= 0.6 is 23.1 Å². The lowest BCUT2D eigenvalue weighted by atomic mass is 10.3. The molecule has 0 bridgehead atoms. The first-order valence-corrected chi connectivity index (χ1v) is 7.32. The Labute approximate surface area is 119 Å². The number of carbonyl (C=O) groups excluding carboxylic acids is 1. The maximum Gasteiger partial charge on any atom is 0.237 e. The molecule has 1 atom stereocenters. The Kier molecular flexibility index (Phi) is 4.75. The smallest absolute Gasteiger partial charge is 0.237 e. The summed E-state index contributed by atoms with van der Waals surface area (Å²) in [5.74, 6) is 0.635. The lowest BCUT2D eigenvalue weighted by Crippen LogP contribution is -2.22. The fourth-order valence-electron chi connectivity index (χ4n) is 1.36. The van der Waals surface area contributed by atoms with Crippen molar-refractivity contribution in [1.82, 2.24) is 10.2 Å². The lowest BCUT2D eigenvalue weighted by molar-refractivity contribution is -0.115. The zero-order chi connectivity index (χ0) is 13.7. The Morgan fingerprint density at radius 3 is 3.05 bits per heavy atom. The molecule has 1 N–H and O–H groups in total. The van der Waals surface area contributed by atoms with E-state index >= 15 is 0 Å². The molecule has 0 fully saturated rings. The molecule has 0 spiro atoms. The van der Waals surface area contributed by atoms with E-state index in [4.69, 9.17) is 4.74 Å². The number of nitrogens with one attached hydrogen (secondary N) is 1. The van der Waals surface area contributed by atoms with E-state index in [-0.39, 0.29) is 11.2 Å². The molecule has 1 amide bonds. The third-order valence-electron chi connectivity index (χ3n) is 2.32. The van der Waals surface area contributed by atoms with Crippen LogP contribution in [0.4, 0.5) is 5.69 Å². The molecule has 0 aliphatic carbocycles. The van der Waals surface area contributed by atoms with E-state index in [2.05, 4.69) is 15.5 Å². The van der Waals surface area contributed by atoms with Crippen LogP contribution in [0, 0.1) is 0 Å². The van der Waals surface area contributed by atoms with Gasteiger partial charge in [0.05, 0.1) is 12.4 Å². The standard InChI is InChI=1S/C12H13N3O2S2/c1-8(19-12-15-13-7-18-12)11(16)14-9-4-3-5-10(6-9)17-2/h3-8H,1-2H3,(H,14,16)/t8-/m0/s1. The summed E-state index contributed by atoms with van der Waals surface area (Å²) in [6, 6.07) is 7.26. The fraction of sp³-hybridized carbons (Fsp3) is 0.250. The molecular weight excluding hydrogens is 282 g/mol. The number of anilines is 1. The summed E-state index contributed by atoms with van der Waals surface area (Å²) in [5.41, 5.74) is 2.36. The predicted octanol–water partition coefficient (Wildman–Crippen LogP) is 2.67. The molecule has 0 unspecified atom stereocenters. The second-order valence-electron chi connectivity index (χ2n) is 3.69. The Morgan fingerprint density at radius 1 is 1.53 bits per heavy atom. The summed E-state index contributed by atoms with van der Waals surface area (Å²) >= 11 is 2.81. The van der Waals surface area contributed by atoms with Crippen molar-refractivity contribution in [2.45, 2.75) is 16.5 Å². The van der Waals surface area contributed by atoms with Gasteiger partial charge < -0.3 is 10.1 Å². The van der Waals surface area contributed by atoms with Crippen LogP contribution in [0.15, 0.2) is 34.1 Å². The molecule has 0 saturated carbocycles. The number of methoxy groups -OCH3 is 1. The van der Waals surface area contributed by atoms with Crippen molar-refractivity contribution in [3.63, 3.8) is 0 Å². The topological polar surface area (TPSA) is 64.1 Å². The van der Waals surface area contributed by atoms with Gasteiger partial charge in [-0.15, -0.1) is 10.2 Å². The van der Waals surface area contributed by atoms with Crippen LogP contribution in [-0.4, -0.2) is 28.5 Å². The number of amides is 1. The van der Waals surface area contributed by atoms with E-state index in [1.54, 1.807) is 18.7 Å². The zero-order valence-electron chi connectivity index (χ0n) is 10.5. The predicted molar refractivity (Wildman–Crippen MR) is 76.9 cm³/mol. The number of hydrogen-bond donors (Lipinski definition) is 1. The van der Waals surface area contributed by atoms with Crippen LogP contribution < -0.4 is 10.1 Å². The van der Waals surface area contributed by atoms with Gasteiger partial charge in [0, 0.05) is 11.8 Å². The molecule has 0 saturated heterocycles. The van der Waals surface area contributed by atoms with Crippen LogP contribution in [0.25, 0.3) is 0 Å². The second kappa shape index (κ2) is 6.53. The van der Waals surface area contributed by atoms with Crippen molar-refractivity contribution in [2.24, 2.45) is 0 Å². The number of aromatic nitrogens is 2. The van der Waals surface area contributed by atoms with Gasteiger partial charge in [0.1, 0.15) is 11.3 Å². The highest BCUT2D eigenvalue weighted by molar-refractivity contribution is 8.02. The molecule has 2 aromatic rings. The molecule has 19 heavy (non-hydrogen) atoms. The summed E-state index contributed by atoms with van der Waals surface area (Å²) in [4.78, 5) is 12.0. The van der Waals surface area contributed by atoms with Crippen LogP contribution in [0.5, 0.6) is 5.75 Å². The maximum absolute atomic E-state index is 12.0. The normalized spacial score (nSPS) is 11.9. The number of nitrogens with zero attached hydrogens (tertiary/aromatic N) is 2. The molecule has 1 aromatic carbocycles. The third kappa shape index (κ3) is 3.93. The van der Waals surface area contributed by atoms with Gasteiger partial charge in [0.2, 0.25) is 5.91 Å². The largest absolute Gasteiger partial charge is 0.497 e. The molecule has 1 aromatic heterocycles. The lowest BCUT2D eigenvalue weighted by Gasteiger charge is -2.11. The SMILES string of the molecule is COc1cccc(NC(=O)[C@H](C)Sc2nncs2)c1. The maximum atomic E-state index is 12.0. The number of hydrogen-bond acceptors (Lipinski definition) is 6.